The highest BCUT2D eigenvalue weighted by atomic mass is 32.2. The highest BCUT2D eigenvalue weighted by Crippen LogP contribution is 2.67. The monoisotopic (exact) mass is 240 g/mol. The Bertz CT molecular complexity index is 322. The number of hydrogen-bond acceptors (Lipinski definition) is 3. The van der Waals surface area contributed by atoms with Crippen LogP contribution in [-0.2, 0) is 4.79 Å². The molecule has 4 bridgehead atoms. The van der Waals surface area contributed by atoms with Crippen LogP contribution in [0, 0.1) is 23.7 Å². The van der Waals surface area contributed by atoms with E-state index in [1.807, 2.05) is 0 Å². The molecule has 0 aromatic carbocycles. The summed E-state index contributed by atoms with van der Waals surface area (Å²) in [7, 11) is 0. The van der Waals surface area contributed by atoms with Crippen LogP contribution in [0.15, 0.2) is 0 Å². The largest absolute Gasteiger partial charge is 0.299 e. The predicted octanol–water partition coefficient (Wildman–Crippen LogP) is 2.80. The second-order valence-corrected chi connectivity index (χ2v) is 8.58. The maximum Gasteiger partial charge on any atom is 0.141 e. The molecule has 5 fully saturated rings. The maximum absolute atomic E-state index is 12.3. The van der Waals surface area contributed by atoms with Gasteiger partial charge in [-0.2, -0.15) is 0 Å². The fraction of sp³-hybridized carbons (Fsp3) is 0.917. The normalized spacial score (nSPS) is 50.5. The Hall–Kier alpha value is 0.370. The van der Waals surface area contributed by atoms with Crippen LogP contribution in [0.2, 0.25) is 0 Å². The van der Waals surface area contributed by atoms with Gasteiger partial charge in [-0.15, -0.1) is 23.5 Å². The molecule has 0 aromatic rings. The maximum atomic E-state index is 12.3. The van der Waals surface area contributed by atoms with Gasteiger partial charge >= 0.3 is 0 Å². The number of carbonyl (C=O) groups is 1. The van der Waals surface area contributed by atoms with Crippen molar-refractivity contribution in [1.82, 2.24) is 0 Å². The number of rotatable bonds is 0. The van der Waals surface area contributed by atoms with Crippen LogP contribution in [0.3, 0.4) is 0 Å². The Morgan fingerprint density at radius 3 is 2.67 bits per heavy atom. The minimum absolute atomic E-state index is 0.352. The summed E-state index contributed by atoms with van der Waals surface area (Å²) < 4.78 is 0.352. The van der Waals surface area contributed by atoms with Crippen LogP contribution in [0.5, 0.6) is 0 Å². The predicted molar refractivity (Wildman–Crippen MR) is 65.1 cm³/mol. The lowest BCUT2D eigenvalue weighted by Gasteiger charge is -2.57. The molecule has 0 unspecified atom stereocenters. The van der Waals surface area contributed by atoms with Crippen LogP contribution in [-0.4, -0.2) is 21.4 Å². The molecule has 0 N–H and O–H groups in total. The van der Waals surface area contributed by atoms with Gasteiger partial charge in [0.25, 0.3) is 0 Å². The summed E-state index contributed by atoms with van der Waals surface area (Å²) in [5.74, 6) is 5.88. The van der Waals surface area contributed by atoms with Gasteiger partial charge in [0, 0.05) is 23.3 Å². The average Bonchev–Trinajstić information content (AvgIpc) is 2.71. The molecule has 15 heavy (non-hydrogen) atoms. The molecule has 5 aliphatic rings. The molecule has 0 amide bonds. The summed E-state index contributed by atoms with van der Waals surface area (Å²) in [5.41, 5.74) is 0. The van der Waals surface area contributed by atoms with Gasteiger partial charge in [0.05, 0.1) is 4.08 Å². The van der Waals surface area contributed by atoms with Crippen LogP contribution in [0.25, 0.3) is 0 Å². The van der Waals surface area contributed by atoms with E-state index in [2.05, 4.69) is 23.5 Å². The number of Topliss-reactive ketones (excluding diaryl/α,β-unsaturated/α-hetero) is 1. The Morgan fingerprint density at radius 2 is 1.87 bits per heavy atom. The van der Waals surface area contributed by atoms with Crippen molar-refractivity contribution in [2.75, 3.05) is 11.5 Å². The van der Waals surface area contributed by atoms with Crippen molar-refractivity contribution in [2.45, 2.75) is 29.8 Å². The molecular formula is C12H16OS2. The van der Waals surface area contributed by atoms with E-state index >= 15 is 0 Å². The molecule has 1 nitrogen and oxygen atoms in total. The minimum atomic E-state index is 0.352. The molecule has 0 radical (unpaired) electrons. The fourth-order valence-electron chi connectivity index (χ4n) is 4.45. The summed E-state index contributed by atoms with van der Waals surface area (Å²) in [6.45, 7) is 0. The molecule has 3 heteroatoms. The molecule has 82 valence electrons. The Kier molecular flexibility index (Phi) is 1.87. The number of carbonyl (C=O) groups excluding carboxylic acids is 1. The topological polar surface area (TPSA) is 17.1 Å². The fourth-order valence-corrected chi connectivity index (χ4v) is 8.27. The first-order chi connectivity index (χ1) is 7.29. The van der Waals surface area contributed by atoms with E-state index in [1.54, 1.807) is 0 Å². The SMILES string of the molecule is O=C1[C@@H]2C[C@H]3C[C@@H](C2)C2(SCCS2)[C@@H]1C3. The zero-order valence-corrected chi connectivity index (χ0v) is 10.4. The van der Waals surface area contributed by atoms with Crippen molar-refractivity contribution >= 4 is 29.3 Å². The van der Waals surface area contributed by atoms with Gasteiger partial charge < -0.3 is 0 Å². The van der Waals surface area contributed by atoms with Crippen molar-refractivity contribution < 1.29 is 4.79 Å². The van der Waals surface area contributed by atoms with Gasteiger partial charge in [-0.3, -0.25) is 4.79 Å². The molecule has 1 heterocycles. The number of thioether (sulfide) groups is 2. The quantitative estimate of drug-likeness (QED) is 0.648. The van der Waals surface area contributed by atoms with Gasteiger partial charge in [-0.1, -0.05) is 0 Å². The lowest BCUT2D eigenvalue weighted by Crippen LogP contribution is -2.58. The molecule has 4 atom stereocenters. The van der Waals surface area contributed by atoms with Crippen LogP contribution in [0.4, 0.5) is 0 Å². The number of ketones is 1. The number of hydrogen-bond donors (Lipinski definition) is 0. The minimum Gasteiger partial charge on any atom is -0.299 e. The summed E-state index contributed by atoms with van der Waals surface area (Å²) in [5, 5.41) is 0. The third-order valence-corrected chi connectivity index (χ3v) is 8.83. The van der Waals surface area contributed by atoms with Crippen LogP contribution >= 0.6 is 23.5 Å². The van der Waals surface area contributed by atoms with E-state index < -0.39 is 0 Å². The molecule has 4 aliphatic carbocycles. The highest BCUT2D eigenvalue weighted by molar-refractivity contribution is 8.21. The first-order valence-electron chi connectivity index (χ1n) is 6.11. The molecule has 1 aliphatic heterocycles. The summed E-state index contributed by atoms with van der Waals surface area (Å²) in [6.07, 6.45) is 5.12. The Labute approximate surface area is 99.1 Å². The average molecular weight is 240 g/mol. The van der Waals surface area contributed by atoms with Crippen molar-refractivity contribution in [3.8, 4) is 0 Å². The summed E-state index contributed by atoms with van der Waals surface area (Å²) >= 11 is 4.25. The molecule has 5 rings (SSSR count). The molecular weight excluding hydrogens is 224 g/mol. The smallest absolute Gasteiger partial charge is 0.141 e. The second-order valence-electron chi connectivity index (χ2n) is 5.58. The zero-order chi connectivity index (χ0) is 10.0. The Balaban J connectivity index is 1.79. The second kappa shape index (κ2) is 2.98. The lowest BCUT2D eigenvalue weighted by molar-refractivity contribution is -0.140. The third kappa shape index (κ3) is 1.07. The van der Waals surface area contributed by atoms with Gasteiger partial charge in [0.2, 0.25) is 0 Å². The standard InChI is InChI=1S/C12H16OS2/c13-11-8-3-7-4-9(6-8)12(10(11)5-7)14-1-2-15-12/h7-10H,1-6H2/t7-,8+,9-,10+/m0/s1. The zero-order valence-electron chi connectivity index (χ0n) is 8.78. The van der Waals surface area contributed by atoms with Gasteiger partial charge in [-0.25, -0.2) is 0 Å². The van der Waals surface area contributed by atoms with Crippen molar-refractivity contribution in [1.29, 1.82) is 0 Å². The van der Waals surface area contributed by atoms with Crippen molar-refractivity contribution in [3.63, 3.8) is 0 Å². The van der Waals surface area contributed by atoms with Gasteiger partial charge in [-0.05, 0) is 37.5 Å². The van der Waals surface area contributed by atoms with Crippen LogP contribution < -0.4 is 0 Å². The molecule has 0 aromatic heterocycles. The van der Waals surface area contributed by atoms with E-state index in [-0.39, 0.29) is 0 Å². The highest BCUT2D eigenvalue weighted by Gasteiger charge is 2.62. The van der Waals surface area contributed by atoms with Gasteiger partial charge in [0.15, 0.2) is 0 Å². The van der Waals surface area contributed by atoms with E-state index in [1.165, 1.54) is 37.2 Å². The third-order valence-electron chi connectivity index (χ3n) is 4.91. The van der Waals surface area contributed by atoms with E-state index in [4.69, 9.17) is 0 Å². The van der Waals surface area contributed by atoms with E-state index in [0.29, 0.717) is 21.7 Å². The Morgan fingerprint density at radius 1 is 1.07 bits per heavy atom. The van der Waals surface area contributed by atoms with Crippen molar-refractivity contribution in [2.24, 2.45) is 23.7 Å². The summed E-state index contributed by atoms with van der Waals surface area (Å²) in [6, 6.07) is 0. The van der Waals surface area contributed by atoms with Crippen LogP contribution in [0.1, 0.15) is 25.7 Å². The molecule has 1 spiro atoms. The lowest BCUT2D eigenvalue weighted by atomic mass is 9.55. The van der Waals surface area contributed by atoms with Crippen molar-refractivity contribution in [3.05, 3.63) is 0 Å². The first kappa shape index (κ1) is 9.41. The summed E-state index contributed by atoms with van der Waals surface area (Å²) in [4.78, 5) is 12.3. The van der Waals surface area contributed by atoms with E-state index in [9.17, 15) is 4.79 Å². The van der Waals surface area contributed by atoms with Gasteiger partial charge in [0.1, 0.15) is 5.78 Å². The molecule has 4 saturated carbocycles. The first-order valence-corrected chi connectivity index (χ1v) is 8.08. The molecule has 1 saturated heterocycles. The van der Waals surface area contributed by atoms with E-state index in [0.717, 1.165) is 11.8 Å².